The average Bonchev–Trinajstić information content (AvgIpc) is 3.40. The molecule has 1 aliphatic heterocycles. The van der Waals surface area contributed by atoms with Crippen molar-refractivity contribution in [2.24, 2.45) is 0 Å². The molecule has 0 aromatic carbocycles. The second-order valence-electron chi connectivity index (χ2n) is 7.18. The number of likely N-dealkylation sites (N-methyl/N-ethyl adjacent to an activating group) is 1. The summed E-state index contributed by atoms with van der Waals surface area (Å²) in [5.41, 5.74) is 3.30. The number of piperazine rings is 1. The summed E-state index contributed by atoms with van der Waals surface area (Å²) in [4.78, 5) is 7.54. The van der Waals surface area contributed by atoms with Gasteiger partial charge in [-0.1, -0.05) is 13.8 Å². The van der Waals surface area contributed by atoms with Crippen LogP contribution < -0.4 is 4.90 Å². The SMILES string of the molecule is CCN(CC)CCN1CCN(c2cc(C3CC3)nn3cnnc23)CC1. The molecule has 7 nitrogen and oxygen atoms in total. The molecule has 4 rings (SSSR count). The van der Waals surface area contributed by atoms with Gasteiger partial charge >= 0.3 is 0 Å². The van der Waals surface area contributed by atoms with E-state index in [0.717, 1.165) is 44.9 Å². The Hall–Kier alpha value is -1.73. The Morgan fingerprint density at radius 3 is 2.56 bits per heavy atom. The minimum Gasteiger partial charge on any atom is -0.366 e. The van der Waals surface area contributed by atoms with Crippen LogP contribution in [0.5, 0.6) is 0 Å². The Bertz CT molecular complexity index is 697. The number of hydrogen-bond donors (Lipinski definition) is 0. The molecule has 0 atom stereocenters. The molecular formula is C18H29N7. The molecule has 136 valence electrons. The van der Waals surface area contributed by atoms with Crippen LogP contribution in [-0.2, 0) is 0 Å². The summed E-state index contributed by atoms with van der Waals surface area (Å²) >= 11 is 0. The van der Waals surface area contributed by atoms with Crippen molar-refractivity contribution in [2.75, 3.05) is 57.3 Å². The second-order valence-corrected chi connectivity index (χ2v) is 7.18. The topological polar surface area (TPSA) is 52.8 Å². The molecule has 0 bridgehead atoms. The molecular weight excluding hydrogens is 314 g/mol. The maximum atomic E-state index is 4.68. The van der Waals surface area contributed by atoms with Gasteiger partial charge in [-0.15, -0.1) is 10.2 Å². The van der Waals surface area contributed by atoms with Gasteiger partial charge < -0.3 is 9.80 Å². The van der Waals surface area contributed by atoms with Crippen molar-refractivity contribution in [3.63, 3.8) is 0 Å². The normalized spacial score (nSPS) is 19.2. The third-order valence-corrected chi connectivity index (χ3v) is 5.60. The molecule has 1 aliphatic carbocycles. The highest BCUT2D eigenvalue weighted by Gasteiger charge is 2.28. The zero-order valence-corrected chi connectivity index (χ0v) is 15.4. The van der Waals surface area contributed by atoms with Gasteiger partial charge in [-0.2, -0.15) is 9.61 Å². The third kappa shape index (κ3) is 3.62. The van der Waals surface area contributed by atoms with Crippen molar-refractivity contribution in [3.8, 4) is 0 Å². The average molecular weight is 343 g/mol. The van der Waals surface area contributed by atoms with E-state index in [1.807, 2.05) is 4.52 Å². The standard InChI is InChI=1S/C18H29N7/c1-3-22(4-2)7-8-23-9-11-24(12-10-23)17-13-16(15-5-6-15)21-25-14-19-20-18(17)25/h13-15H,3-12H2,1-2H3. The van der Waals surface area contributed by atoms with E-state index in [1.165, 1.54) is 37.3 Å². The van der Waals surface area contributed by atoms with E-state index in [9.17, 15) is 0 Å². The van der Waals surface area contributed by atoms with Crippen LogP contribution >= 0.6 is 0 Å². The minimum absolute atomic E-state index is 0.640. The van der Waals surface area contributed by atoms with E-state index in [1.54, 1.807) is 6.33 Å². The predicted octanol–water partition coefficient (Wildman–Crippen LogP) is 1.47. The first-order valence-electron chi connectivity index (χ1n) is 9.69. The van der Waals surface area contributed by atoms with Crippen LogP contribution in [0.25, 0.3) is 5.65 Å². The first-order chi connectivity index (χ1) is 12.3. The van der Waals surface area contributed by atoms with Crippen LogP contribution in [0.3, 0.4) is 0 Å². The van der Waals surface area contributed by atoms with Crippen molar-refractivity contribution >= 4 is 11.3 Å². The lowest BCUT2D eigenvalue weighted by molar-refractivity contribution is 0.206. The van der Waals surface area contributed by atoms with E-state index in [4.69, 9.17) is 0 Å². The lowest BCUT2D eigenvalue weighted by atomic mass is 10.2. The number of hydrogen-bond acceptors (Lipinski definition) is 6. The van der Waals surface area contributed by atoms with E-state index >= 15 is 0 Å². The summed E-state index contributed by atoms with van der Waals surface area (Å²) < 4.78 is 1.86. The van der Waals surface area contributed by atoms with Gasteiger partial charge in [-0.05, 0) is 32.0 Å². The fraction of sp³-hybridized carbons (Fsp3) is 0.722. The first-order valence-corrected chi connectivity index (χ1v) is 9.69. The van der Waals surface area contributed by atoms with Crippen LogP contribution in [0.2, 0.25) is 0 Å². The first kappa shape index (κ1) is 16.7. The van der Waals surface area contributed by atoms with Gasteiger partial charge in [-0.25, -0.2) is 0 Å². The molecule has 7 heteroatoms. The van der Waals surface area contributed by atoms with Crippen LogP contribution in [0, 0.1) is 0 Å². The van der Waals surface area contributed by atoms with Crippen molar-refractivity contribution in [3.05, 3.63) is 18.1 Å². The maximum Gasteiger partial charge on any atom is 0.200 e. The van der Waals surface area contributed by atoms with Crippen LogP contribution in [-0.4, -0.2) is 82.0 Å². The number of fused-ring (bicyclic) bond motifs is 1. The highest BCUT2D eigenvalue weighted by atomic mass is 15.4. The Balaban J connectivity index is 1.42. The van der Waals surface area contributed by atoms with E-state index in [0.29, 0.717) is 5.92 Å². The number of rotatable bonds is 7. The zero-order chi connectivity index (χ0) is 17.2. The minimum atomic E-state index is 0.640. The van der Waals surface area contributed by atoms with Crippen molar-refractivity contribution in [2.45, 2.75) is 32.6 Å². The summed E-state index contributed by atoms with van der Waals surface area (Å²) in [6.07, 6.45) is 4.25. The van der Waals surface area contributed by atoms with Crippen molar-refractivity contribution in [1.82, 2.24) is 29.6 Å². The number of nitrogens with zero attached hydrogens (tertiary/aromatic N) is 7. The second kappa shape index (κ2) is 7.25. The predicted molar refractivity (Wildman–Crippen MR) is 99.2 cm³/mol. The van der Waals surface area contributed by atoms with Gasteiger partial charge in [0.25, 0.3) is 0 Å². The summed E-state index contributed by atoms with van der Waals surface area (Å²) in [5.74, 6) is 0.640. The molecule has 1 saturated carbocycles. The Kier molecular flexibility index (Phi) is 4.85. The summed E-state index contributed by atoms with van der Waals surface area (Å²) in [6, 6.07) is 2.26. The Labute approximate surface area is 149 Å². The number of anilines is 1. The summed E-state index contributed by atoms with van der Waals surface area (Å²) in [6.45, 7) is 13.4. The third-order valence-electron chi connectivity index (χ3n) is 5.60. The van der Waals surface area contributed by atoms with Gasteiger partial charge in [0, 0.05) is 45.2 Å². The van der Waals surface area contributed by atoms with Crippen molar-refractivity contribution < 1.29 is 0 Å². The molecule has 2 aromatic rings. The molecule has 3 heterocycles. The molecule has 0 spiro atoms. The van der Waals surface area contributed by atoms with Gasteiger partial charge in [0.05, 0.1) is 11.4 Å². The lowest BCUT2D eigenvalue weighted by Crippen LogP contribution is -2.48. The smallest absolute Gasteiger partial charge is 0.200 e. The molecule has 1 saturated heterocycles. The van der Waals surface area contributed by atoms with Crippen LogP contribution in [0.1, 0.15) is 38.3 Å². The fourth-order valence-electron chi connectivity index (χ4n) is 3.68. The van der Waals surface area contributed by atoms with Crippen LogP contribution in [0.15, 0.2) is 12.4 Å². The monoisotopic (exact) mass is 343 g/mol. The summed E-state index contributed by atoms with van der Waals surface area (Å²) in [5, 5.41) is 13.1. The molecule has 0 unspecified atom stereocenters. The van der Waals surface area contributed by atoms with E-state index < -0.39 is 0 Å². The highest BCUT2D eigenvalue weighted by Crippen LogP contribution is 2.40. The van der Waals surface area contributed by atoms with Gasteiger partial charge in [0.1, 0.15) is 6.33 Å². The molecule has 0 radical (unpaired) electrons. The van der Waals surface area contributed by atoms with E-state index in [-0.39, 0.29) is 0 Å². The van der Waals surface area contributed by atoms with Crippen molar-refractivity contribution in [1.29, 1.82) is 0 Å². The fourth-order valence-corrected chi connectivity index (χ4v) is 3.68. The molecule has 0 amide bonds. The number of aromatic nitrogens is 4. The quantitative estimate of drug-likeness (QED) is 0.759. The molecule has 25 heavy (non-hydrogen) atoms. The van der Waals surface area contributed by atoms with E-state index in [2.05, 4.69) is 49.9 Å². The van der Waals surface area contributed by atoms with Gasteiger partial charge in [-0.3, -0.25) is 4.90 Å². The molecule has 2 fully saturated rings. The lowest BCUT2D eigenvalue weighted by Gasteiger charge is -2.36. The highest BCUT2D eigenvalue weighted by molar-refractivity contribution is 5.68. The largest absolute Gasteiger partial charge is 0.366 e. The van der Waals surface area contributed by atoms with Crippen LogP contribution in [0.4, 0.5) is 5.69 Å². The molecule has 0 N–H and O–H groups in total. The Morgan fingerprint density at radius 2 is 1.88 bits per heavy atom. The summed E-state index contributed by atoms with van der Waals surface area (Å²) in [7, 11) is 0. The molecule has 2 aliphatic rings. The van der Waals surface area contributed by atoms with Gasteiger partial charge in [0.15, 0.2) is 0 Å². The Morgan fingerprint density at radius 1 is 1.12 bits per heavy atom. The maximum absolute atomic E-state index is 4.68. The molecule has 2 aromatic heterocycles. The van der Waals surface area contributed by atoms with Gasteiger partial charge in [0.2, 0.25) is 5.65 Å². The zero-order valence-electron chi connectivity index (χ0n) is 15.4.